The summed E-state index contributed by atoms with van der Waals surface area (Å²) in [5.74, 6) is 0.0515. The zero-order chi connectivity index (χ0) is 15.2. The van der Waals surface area contributed by atoms with Crippen LogP contribution in [0.1, 0.15) is 36.2 Å². The van der Waals surface area contributed by atoms with E-state index in [0.717, 1.165) is 29.9 Å². The molecule has 2 rings (SSSR count). The van der Waals surface area contributed by atoms with E-state index in [1.807, 2.05) is 36.9 Å². The Morgan fingerprint density at radius 2 is 1.76 bits per heavy atom. The molecule has 2 aromatic rings. The summed E-state index contributed by atoms with van der Waals surface area (Å²) in [5, 5.41) is 0. The van der Waals surface area contributed by atoms with Gasteiger partial charge in [-0.15, -0.1) is 0 Å². The minimum absolute atomic E-state index is 0.0515. The predicted octanol–water partition coefficient (Wildman–Crippen LogP) is 3.32. The van der Waals surface area contributed by atoms with Gasteiger partial charge in [-0.05, 0) is 50.1 Å². The molecule has 0 saturated heterocycles. The average molecular weight is 283 g/mol. The van der Waals surface area contributed by atoms with Gasteiger partial charge in [0.05, 0.1) is 11.4 Å². The third-order valence-corrected chi connectivity index (χ3v) is 3.35. The molecule has 0 spiro atoms. The number of carbonyl (C=O) groups is 1. The molecular weight excluding hydrogens is 262 g/mol. The molecule has 21 heavy (non-hydrogen) atoms. The van der Waals surface area contributed by atoms with E-state index in [4.69, 9.17) is 0 Å². The van der Waals surface area contributed by atoms with Crippen LogP contribution in [0.25, 0.3) is 11.4 Å². The molecule has 110 valence electrons. The minimum Gasteiger partial charge on any atom is -0.339 e. The second-order valence-electron chi connectivity index (χ2n) is 5.03. The summed E-state index contributed by atoms with van der Waals surface area (Å²) in [6, 6.07) is 7.50. The normalized spacial score (nSPS) is 10.4. The first-order chi connectivity index (χ1) is 10.2. The van der Waals surface area contributed by atoms with Gasteiger partial charge in [0, 0.05) is 31.0 Å². The standard InChI is InChI=1S/C17H21N3O/c1-4-10-20(5-2)17(21)14-7-9-19-16(12-14)15-11-13(3)6-8-18-15/h6-9,11-12H,4-5,10H2,1-3H3. The Hall–Kier alpha value is -2.23. The third-order valence-electron chi connectivity index (χ3n) is 3.35. The van der Waals surface area contributed by atoms with E-state index in [9.17, 15) is 4.79 Å². The fourth-order valence-corrected chi connectivity index (χ4v) is 2.24. The zero-order valence-electron chi connectivity index (χ0n) is 12.8. The Balaban J connectivity index is 2.31. The lowest BCUT2D eigenvalue weighted by Gasteiger charge is -2.20. The van der Waals surface area contributed by atoms with E-state index >= 15 is 0 Å². The van der Waals surface area contributed by atoms with E-state index in [1.165, 1.54) is 0 Å². The lowest BCUT2D eigenvalue weighted by Crippen LogP contribution is -2.31. The second-order valence-corrected chi connectivity index (χ2v) is 5.03. The molecule has 0 aliphatic rings. The van der Waals surface area contributed by atoms with Crippen LogP contribution >= 0.6 is 0 Å². The van der Waals surface area contributed by atoms with Gasteiger partial charge in [0.15, 0.2) is 0 Å². The molecule has 2 aromatic heterocycles. The summed E-state index contributed by atoms with van der Waals surface area (Å²) >= 11 is 0. The van der Waals surface area contributed by atoms with Crippen LogP contribution in [0.2, 0.25) is 0 Å². The first kappa shape index (κ1) is 15.2. The third kappa shape index (κ3) is 3.66. The topological polar surface area (TPSA) is 46.1 Å². The Morgan fingerprint density at radius 1 is 1.10 bits per heavy atom. The molecule has 0 aliphatic carbocycles. The zero-order valence-corrected chi connectivity index (χ0v) is 12.8. The first-order valence-electron chi connectivity index (χ1n) is 7.34. The number of rotatable bonds is 5. The van der Waals surface area contributed by atoms with Gasteiger partial charge in [-0.25, -0.2) is 0 Å². The van der Waals surface area contributed by atoms with E-state index in [-0.39, 0.29) is 5.91 Å². The maximum atomic E-state index is 12.5. The van der Waals surface area contributed by atoms with E-state index in [2.05, 4.69) is 16.9 Å². The van der Waals surface area contributed by atoms with Crippen LogP contribution in [0.3, 0.4) is 0 Å². The van der Waals surface area contributed by atoms with Crippen LogP contribution in [0.5, 0.6) is 0 Å². The van der Waals surface area contributed by atoms with Crippen molar-refractivity contribution < 1.29 is 4.79 Å². The van der Waals surface area contributed by atoms with Crippen LogP contribution in [0.15, 0.2) is 36.7 Å². The van der Waals surface area contributed by atoms with Gasteiger partial charge in [-0.2, -0.15) is 0 Å². The van der Waals surface area contributed by atoms with Crippen molar-refractivity contribution in [2.75, 3.05) is 13.1 Å². The molecule has 0 fully saturated rings. The first-order valence-corrected chi connectivity index (χ1v) is 7.34. The number of hydrogen-bond acceptors (Lipinski definition) is 3. The van der Waals surface area contributed by atoms with Crippen LogP contribution in [0.4, 0.5) is 0 Å². The van der Waals surface area contributed by atoms with Crippen LogP contribution in [-0.2, 0) is 0 Å². The number of aryl methyl sites for hydroxylation is 1. The number of amides is 1. The van der Waals surface area contributed by atoms with Crippen molar-refractivity contribution in [1.29, 1.82) is 0 Å². The molecule has 0 unspecified atom stereocenters. The van der Waals surface area contributed by atoms with Gasteiger partial charge in [0.2, 0.25) is 0 Å². The van der Waals surface area contributed by atoms with Crippen LogP contribution in [0, 0.1) is 6.92 Å². The fraction of sp³-hybridized carbons (Fsp3) is 0.353. The number of aromatic nitrogens is 2. The number of nitrogens with zero attached hydrogens (tertiary/aromatic N) is 3. The van der Waals surface area contributed by atoms with Crippen molar-refractivity contribution in [3.63, 3.8) is 0 Å². The summed E-state index contributed by atoms with van der Waals surface area (Å²) in [7, 11) is 0. The Bertz CT molecular complexity index is 625. The fourth-order valence-electron chi connectivity index (χ4n) is 2.24. The maximum Gasteiger partial charge on any atom is 0.253 e. The molecule has 0 bridgehead atoms. The van der Waals surface area contributed by atoms with Gasteiger partial charge in [0.25, 0.3) is 5.91 Å². The molecule has 0 N–H and O–H groups in total. The smallest absolute Gasteiger partial charge is 0.253 e. The lowest BCUT2D eigenvalue weighted by molar-refractivity contribution is 0.0764. The van der Waals surface area contributed by atoms with Crippen molar-refractivity contribution in [2.45, 2.75) is 27.2 Å². The lowest BCUT2D eigenvalue weighted by atomic mass is 10.1. The predicted molar refractivity (Wildman–Crippen MR) is 84.1 cm³/mol. The van der Waals surface area contributed by atoms with Gasteiger partial charge in [-0.3, -0.25) is 14.8 Å². The van der Waals surface area contributed by atoms with Gasteiger partial charge in [-0.1, -0.05) is 6.92 Å². The molecule has 4 nitrogen and oxygen atoms in total. The number of pyridine rings is 2. The summed E-state index contributed by atoms with van der Waals surface area (Å²) in [5.41, 5.74) is 3.32. The SMILES string of the molecule is CCCN(CC)C(=O)c1ccnc(-c2cc(C)ccn2)c1. The molecule has 1 amide bonds. The Morgan fingerprint density at radius 3 is 2.38 bits per heavy atom. The van der Waals surface area contributed by atoms with Gasteiger partial charge in [0.1, 0.15) is 0 Å². The molecule has 2 heterocycles. The molecule has 0 radical (unpaired) electrons. The summed E-state index contributed by atoms with van der Waals surface area (Å²) in [4.78, 5) is 23.0. The van der Waals surface area contributed by atoms with Crippen molar-refractivity contribution in [1.82, 2.24) is 14.9 Å². The largest absolute Gasteiger partial charge is 0.339 e. The van der Waals surface area contributed by atoms with Crippen LogP contribution < -0.4 is 0 Å². The Kier molecular flexibility index (Phi) is 5.04. The van der Waals surface area contributed by atoms with Crippen molar-refractivity contribution >= 4 is 5.91 Å². The summed E-state index contributed by atoms with van der Waals surface area (Å²) in [6.45, 7) is 7.57. The minimum atomic E-state index is 0.0515. The number of hydrogen-bond donors (Lipinski definition) is 0. The second kappa shape index (κ2) is 6.97. The van der Waals surface area contributed by atoms with Crippen molar-refractivity contribution in [3.05, 3.63) is 47.8 Å². The van der Waals surface area contributed by atoms with Gasteiger partial charge < -0.3 is 4.90 Å². The quantitative estimate of drug-likeness (QED) is 0.845. The maximum absolute atomic E-state index is 12.5. The van der Waals surface area contributed by atoms with E-state index < -0.39 is 0 Å². The highest BCUT2D eigenvalue weighted by molar-refractivity contribution is 5.95. The van der Waals surface area contributed by atoms with E-state index in [1.54, 1.807) is 18.5 Å². The molecular formula is C17H21N3O. The molecule has 0 aromatic carbocycles. The summed E-state index contributed by atoms with van der Waals surface area (Å²) < 4.78 is 0. The molecule has 0 atom stereocenters. The monoisotopic (exact) mass is 283 g/mol. The number of carbonyl (C=O) groups excluding carboxylic acids is 1. The highest BCUT2D eigenvalue weighted by Crippen LogP contribution is 2.17. The van der Waals surface area contributed by atoms with Crippen molar-refractivity contribution in [3.8, 4) is 11.4 Å². The molecule has 0 aliphatic heterocycles. The highest BCUT2D eigenvalue weighted by Gasteiger charge is 2.14. The molecule has 4 heteroatoms. The van der Waals surface area contributed by atoms with Crippen molar-refractivity contribution in [2.24, 2.45) is 0 Å². The average Bonchev–Trinajstić information content (AvgIpc) is 2.52. The highest BCUT2D eigenvalue weighted by atomic mass is 16.2. The van der Waals surface area contributed by atoms with Crippen LogP contribution in [-0.4, -0.2) is 33.9 Å². The molecule has 0 saturated carbocycles. The van der Waals surface area contributed by atoms with E-state index in [0.29, 0.717) is 12.1 Å². The Labute approximate surface area is 125 Å². The van der Waals surface area contributed by atoms with Gasteiger partial charge >= 0.3 is 0 Å². The summed E-state index contributed by atoms with van der Waals surface area (Å²) in [6.07, 6.45) is 4.39.